The topological polar surface area (TPSA) is 66.9 Å². The second kappa shape index (κ2) is 6.54. The molecule has 1 amide bonds. The molecule has 0 unspecified atom stereocenters. The Kier molecular flexibility index (Phi) is 4.75. The average molecular weight is 305 g/mol. The second-order valence-corrected chi connectivity index (χ2v) is 5.44. The molecule has 0 atom stereocenters. The number of rotatable bonds is 4. The number of halogens is 1. The van der Waals surface area contributed by atoms with Crippen molar-refractivity contribution in [3.63, 3.8) is 0 Å². The zero-order valence-electron chi connectivity index (χ0n) is 12.1. The molecular weight excluding hydrogens is 288 g/mol. The number of hydrogen-bond donors (Lipinski definition) is 2. The Morgan fingerprint density at radius 3 is 2.67 bits per heavy atom. The van der Waals surface area contributed by atoms with E-state index in [1.54, 1.807) is 12.1 Å². The minimum atomic E-state index is -0.219. The van der Waals surface area contributed by atoms with Crippen LogP contribution in [0.15, 0.2) is 30.6 Å². The fraction of sp³-hybridized carbons (Fsp3) is 0.267. The van der Waals surface area contributed by atoms with Gasteiger partial charge >= 0.3 is 0 Å². The summed E-state index contributed by atoms with van der Waals surface area (Å²) >= 11 is 5.93. The Hall–Kier alpha value is -2.14. The van der Waals surface area contributed by atoms with Gasteiger partial charge in [-0.15, -0.1) is 0 Å². The predicted molar refractivity (Wildman–Crippen MR) is 84.1 cm³/mol. The van der Waals surface area contributed by atoms with Crippen LogP contribution in [-0.2, 0) is 0 Å². The van der Waals surface area contributed by atoms with Crippen LogP contribution in [0.5, 0.6) is 0 Å². The minimum Gasteiger partial charge on any atom is -0.349 e. The molecule has 6 heteroatoms. The van der Waals surface area contributed by atoms with Gasteiger partial charge in [0, 0.05) is 22.8 Å². The highest BCUT2D eigenvalue weighted by Gasteiger charge is 2.10. The molecule has 1 aromatic carbocycles. The summed E-state index contributed by atoms with van der Waals surface area (Å²) in [5.41, 5.74) is 2.20. The highest BCUT2D eigenvalue weighted by molar-refractivity contribution is 6.30. The number of amides is 1. The van der Waals surface area contributed by atoms with Crippen LogP contribution in [0, 0.1) is 6.92 Å². The number of nitrogens with one attached hydrogen (secondary N) is 2. The highest BCUT2D eigenvalue weighted by atomic mass is 35.5. The lowest BCUT2D eigenvalue weighted by Gasteiger charge is -2.11. The van der Waals surface area contributed by atoms with Crippen LogP contribution in [0.1, 0.15) is 29.9 Å². The number of hydrogen-bond acceptors (Lipinski definition) is 4. The Balaban J connectivity index is 2.19. The van der Waals surface area contributed by atoms with Crippen LogP contribution >= 0.6 is 11.6 Å². The minimum absolute atomic E-state index is 0.0578. The molecule has 0 saturated carbocycles. The quantitative estimate of drug-likeness (QED) is 0.909. The largest absolute Gasteiger partial charge is 0.349 e. The molecule has 1 aromatic heterocycles. The van der Waals surface area contributed by atoms with E-state index < -0.39 is 0 Å². The van der Waals surface area contributed by atoms with Crippen molar-refractivity contribution in [1.82, 2.24) is 15.3 Å². The zero-order valence-corrected chi connectivity index (χ0v) is 12.9. The van der Waals surface area contributed by atoms with E-state index in [4.69, 9.17) is 11.6 Å². The molecule has 110 valence electrons. The van der Waals surface area contributed by atoms with Crippen molar-refractivity contribution < 1.29 is 4.79 Å². The lowest BCUT2D eigenvalue weighted by Crippen LogP contribution is -2.30. The summed E-state index contributed by atoms with van der Waals surface area (Å²) in [6.07, 6.45) is 1.36. The summed E-state index contributed by atoms with van der Waals surface area (Å²) in [5.74, 6) is 0.340. The molecule has 2 N–H and O–H groups in total. The van der Waals surface area contributed by atoms with Crippen LogP contribution < -0.4 is 10.6 Å². The van der Waals surface area contributed by atoms with E-state index >= 15 is 0 Å². The van der Waals surface area contributed by atoms with Gasteiger partial charge in [0.25, 0.3) is 5.91 Å². The number of aromatic nitrogens is 2. The fourth-order valence-electron chi connectivity index (χ4n) is 1.79. The van der Waals surface area contributed by atoms with Crippen LogP contribution in [0.25, 0.3) is 0 Å². The van der Waals surface area contributed by atoms with Gasteiger partial charge in [-0.1, -0.05) is 11.6 Å². The number of benzene rings is 1. The van der Waals surface area contributed by atoms with E-state index in [1.807, 2.05) is 32.9 Å². The number of aryl methyl sites for hydroxylation is 1. The molecule has 2 aromatic rings. The molecule has 5 nitrogen and oxygen atoms in total. The summed E-state index contributed by atoms with van der Waals surface area (Å²) in [5, 5.41) is 6.63. The normalized spacial score (nSPS) is 10.5. The molecule has 0 aliphatic rings. The smallest absolute Gasteiger partial charge is 0.270 e. The third kappa shape index (κ3) is 4.16. The second-order valence-electron chi connectivity index (χ2n) is 5.00. The maximum absolute atomic E-state index is 11.9. The molecule has 0 bridgehead atoms. The first-order chi connectivity index (χ1) is 9.95. The summed E-state index contributed by atoms with van der Waals surface area (Å²) in [6.45, 7) is 5.74. The summed E-state index contributed by atoms with van der Waals surface area (Å²) in [6, 6.07) is 7.20. The van der Waals surface area contributed by atoms with Crippen molar-refractivity contribution in [1.29, 1.82) is 0 Å². The molecule has 0 aliphatic heterocycles. The Morgan fingerprint density at radius 1 is 1.24 bits per heavy atom. The Morgan fingerprint density at radius 2 is 2.00 bits per heavy atom. The van der Waals surface area contributed by atoms with Gasteiger partial charge in [0.1, 0.15) is 17.8 Å². The van der Waals surface area contributed by atoms with E-state index in [0.29, 0.717) is 16.5 Å². The van der Waals surface area contributed by atoms with Gasteiger partial charge in [0.15, 0.2) is 0 Å². The average Bonchev–Trinajstić information content (AvgIpc) is 2.41. The number of carbonyl (C=O) groups excluding carboxylic acids is 1. The molecule has 21 heavy (non-hydrogen) atoms. The fourth-order valence-corrected chi connectivity index (χ4v) is 2.02. The van der Waals surface area contributed by atoms with Crippen molar-refractivity contribution in [2.45, 2.75) is 26.8 Å². The predicted octanol–water partition coefficient (Wildman–Crippen LogP) is 3.32. The van der Waals surface area contributed by atoms with Crippen molar-refractivity contribution in [2.75, 3.05) is 5.32 Å². The summed E-state index contributed by atoms with van der Waals surface area (Å²) < 4.78 is 0. The zero-order chi connectivity index (χ0) is 15.4. The molecule has 1 heterocycles. The maximum atomic E-state index is 11.9. The number of anilines is 2. The molecule has 0 aliphatic carbocycles. The highest BCUT2D eigenvalue weighted by Crippen LogP contribution is 2.22. The monoisotopic (exact) mass is 304 g/mol. The first-order valence-corrected chi connectivity index (χ1v) is 6.99. The van der Waals surface area contributed by atoms with Crippen molar-refractivity contribution in [3.05, 3.63) is 46.9 Å². The van der Waals surface area contributed by atoms with Crippen molar-refractivity contribution in [2.24, 2.45) is 0 Å². The molecular formula is C15H17ClN4O. The standard InChI is InChI=1S/C15H17ClN4O/c1-9(2)19-15(21)13-7-14(18-8-17-13)20-12-5-4-11(16)6-10(12)3/h4-9H,1-3H3,(H,19,21)(H,17,18,20). The molecule has 2 rings (SSSR count). The van der Waals surface area contributed by atoms with Gasteiger partial charge in [-0.2, -0.15) is 0 Å². The van der Waals surface area contributed by atoms with Crippen LogP contribution in [0.4, 0.5) is 11.5 Å². The van der Waals surface area contributed by atoms with Crippen LogP contribution in [0.3, 0.4) is 0 Å². The van der Waals surface area contributed by atoms with Gasteiger partial charge in [0.2, 0.25) is 0 Å². The van der Waals surface area contributed by atoms with Crippen LogP contribution in [-0.4, -0.2) is 21.9 Å². The maximum Gasteiger partial charge on any atom is 0.270 e. The number of nitrogens with zero attached hydrogens (tertiary/aromatic N) is 2. The van der Waals surface area contributed by atoms with Crippen molar-refractivity contribution in [3.8, 4) is 0 Å². The SMILES string of the molecule is Cc1cc(Cl)ccc1Nc1cc(C(=O)NC(C)C)ncn1. The van der Waals surface area contributed by atoms with Gasteiger partial charge < -0.3 is 10.6 Å². The third-order valence-corrected chi connectivity index (χ3v) is 3.01. The van der Waals surface area contributed by atoms with Crippen molar-refractivity contribution >= 4 is 29.0 Å². The van der Waals surface area contributed by atoms with Gasteiger partial charge in [0.05, 0.1) is 0 Å². The Bertz CT molecular complexity index is 658. The van der Waals surface area contributed by atoms with Gasteiger partial charge in [-0.3, -0.25) is 4.79 Å². The van der Waals surface area contributed by atoms with E-state index in [9.17, 15) is 4.79 Å². The van der Waals surface area contributed by atoms with Gasteiger partial charge in [-0.25, -0.2) is 9.97 Å². The third-order valence-electron chi connectivity index (χ3n) is 2.77. The molecule has 0 fully saturated rings. The van der Waals surface area contributed by atoms with Gasteiger partial charge in [-0.05, 0) is 44.5 Å². The first-order valence-electron chi connectivity index (χ1n) is 6.62. The number of carbonyl (C=O) groups is 1. The van der Waals surface area contributed by atoms with E-state index in [-0.39, 0.29) is 11.9 Å². The summed E-state index contributed by atoms with van der Waals surface area (Å²) in [7, 11) is 0. The van der Waals surface area contributed by atoms with E-state index in [2.05, 4.69) is 20.6 Å². The molecule has 0 radical (unpaired) electrons. The van der Waals surface area contributed by atoms with E-state index in [1.165, 1.54) is 6.33 Å². The summed E-state index contributed by atoms with van der Waals surface area (Å²) in [4.78, 5) is 20.0. The molecule has 0 spiro atoms. The lowest BCUT2D eigenvalue weighted by molar-refractivity contribution is 0.0938. The van der Waals surface area contributed by atoms with E-state index in [0.717, 1.165) is 11.3 Å². The van der Waals surface area contributed by atoms with Crippen LogP contribution in [0.2, 0.25) is 5.02 Å². The molecule has 0 saturated heterocycles. The Labute approximate surface area is 128 Å². The first kappa shape index (κ1) is 15.3. The lowest BCUT2D eigenvalue weighted by atomic mass is 10.2.